The Morgan fingerprint density at radius 1 is 0.440 bits per heavy atom. The lowest BCUT2D eigenvalue weighted by molar-refractivity contribution is 0.483. The van der Waals surface area contributed by atoms with Crippen molar-refractivity contribution in [2.45, 2.75) is 104 Å². The first kappa shape index (κ1) is 49.3. The van der Waals surface area contributed by atoms with Crippen molar-refractivity contribution in [3.63, 3.8) is 0 Å². The lowest BCUT2D eigenvalue weighted by Gasteiger charge is -2.28. The summed E-state index contributed by atoms with van der Waals surface area (Å²) in [4.78, 5) is 9.95. The van der Waals surface area contributed by atoms with Crippen LogP contribution < -0.4 is 14.5 Å². The lowest BCUT2D eigenvalue weighted by Crippen LogP contribution is -2.25. The molecular weight excluding hydrogens is 913 g/mol. The second-order valence-corrected chi connectivity index (χ2v) is 23.4. The Morgan fingerprint density at radius 2 is 1.03 bits per heavy atom. The Morgan fingerprint density at radius 3 is 1.68 bits per heavy atom. The monoisotopic (exact) mass is 983 g/mol. The summed E-state index contributed by atoms with van der Waals surface area (Å²) in [5.74, 6) is 3.16. The molecule has 0 spiro atoms. The van der Waals surface area contributed by atoms with E-state index in [-0.39, 0.29) is 16.2 Å². The molecule has 5 heteroatoms. The molecule has 0 N–H and O–H groups in total. The standard InChI is InChI=1S/C70H70N4O/c1-46(2)58-29-20-30-59(47(3)4)67(58)48-31-35-63-65(39-48)73(45-72(63)54-26-18-25-52(40-54)69(8,9)49-21-14-12-15-22-49)55-27-19-28-56(43-55)75-57-33-34-60-61-41-53(70(10,11)50-23-16-13-17-24-50)32-36-62(61)74(64(60)44-57)66-42-51(37-38-71-66)68(5,6)7/h12-44,46-47H,45H2,1-11H3. The van der Waals surface area contributed by atoms with Crippen LogP contribution in [0.1, 0.15) is 127 Å². The van der Waals surface area contributed by atoms with Crippen LogP contribution >= 0.6 is 0 Å². The van der Waals surface area contributed by atoms with Gasteiger partial charge in [-0.25, -0.2) is 4.98 Å². The average molecular weight is 983 g/mol. The molecule has 0 radical (unpaired) electrons. The van der Waals surface area contributed by atoms with E-state index >= 15 is 0 Å². The first-order valence-corrected chi connectivity index (χ1v) is 26.8. The Kier molecular flexibility index (Phi) is 12.6. The molecule has 376 valence electrons. The van der Waals surface area contributed by atoms with E-state index in [0.29, 0.717) is 18.5 Å². The summed E-state index contributed by atoms with van der Waals surface area (Å²) in [6, 6.07) is 71.2. The SMILES string of the molecule is CC(C)c1cccc(C(C)C)c1-c1ccc2c(c1)N(c1cccc(Oc3ccc4c5cc(C(C)(C)c6ccccc6)ccc5n(-c5cc(C(C)(C)C)ccn5)c4c3)c1)CN2c1cccc(C(C)(C)c2ccccc2)c1. The Balaban J connectivity index is 1.01. The number of aromatic nitrogens is 2. The van der Waals surface area contributed by atoms with E-state index in [2.05, 4.69) is 285 Å². The fourth-order valence-corrected chi connectivity index (χ4v) is 11.4. The average Bonchev–Trinajstić information content (AvgIpc) is 3.98. The number of ether oxygens (including phenoxy) is 1. The van der Waals surface area contributed by atoms with Crippen molar-refractivity contribution in [1.82, 2.24) is 9.55 Å². The largest absolute Gasteiger partial charge is 0.457 e. The zero-order valence-electron chi connectivity index (χ0n) is 45.6. The van der Waals surface area contributed by atoms with Crippen molar-refractivity contribution in [3.8, 4) is 28.4 Å². The number of fused-ring (bicyclic) bond motifs is 4. The molecule has 0 saturated heterocycles. The molecule has 0 atom stereocenters. The second kappa shape index (κ2) is 19.1. The van der Waals surface area contributed by atoms with E-state index < -0.39 is 0 Å². The van der Waals surface area contributed by atoms with Crippen LogP contribution in [0.2, 0.25) is 0 Å². The zero-order valence-corrected chi connectivity index (χ0v) is 45.6. The van der Waals surface area contributed by atoms with Crippen LogP contribution in [-0.2, 0) is 16.2 Å². The van der Waals surface area contributed by atoms with Crippen molar-refractivity contribution in [1.29, 1.82) is 0 Å². The molecule has 0 unspecified atom stereocenters. The van der Waals surface area contributed by atoms with Crippen LogP contribution in [0.4, 0.5) is 22.7 Å². The first-order chi connectivity index (χ1) is 36.0. The molecular formula is C70H70N4O. The van der Waals surface area contributed by atoms with E-state index in [9.17, 15) is 0 Å². The minimum atomic E-state index is -0.199. The summed E-state index contributed by atoms with van der Waals surface area (Å²) in [6.07, 6.45) is 1.95. The number of pyridine rings is 1. The summed E-state index contributed by atoms with van der Waals surface area (Å²) in [7, 11) is 0. The highest BCUT2D eigenvalue weighted by atomic mass is 16.5. The molecule has 0 saturated carbocycles. The topological polar surface area (TPSA) is 33.5 Å². The van der Waals surface area contributed by atoms with Crippen molar-refractivity contribution in [3.05, 3.63) is 239 Å². The van der Waals surface area contributed by atoms with Gasteiger partial charge < -0.3 is 14.5 Å². The summed E-state index contributed by atoms with van der Waals surface area (Å²) in [5, 5.41) is 2.34. The molecule has 0 amide bonds. The van der Waals surface area contributed by atoms with Gasteiger partial charge in [0.25, 0.3) is 0 Å². The van der Waals surface area contributed by atoms with Crippen molar-refractivity contribution >= 4 is 44.6 Å². The van der Waals surface area contributed by atoms with Gasteiger partial charge in [-0.2, -0.15) is 0 Å². The molecule has 11 rings (SSSR count). The van der Waals surface area contributed by atoms with Crippen molar-refractivity contribution in [2.75, 3.05) is 16.5 Å². The fourth-order valence-electron chi connectivity index (χ4n) is 11.4. The summed E-state index contributed by atoms with van der Waals surface area (Å²) < 4.78 is 9.30. The van der Waals surface area contributed by atoms with Gasteiger partial charge in [0.05, 0.1) is 22.4 Å². The van der Waals surface area contributed by atoms with Crippen LogP contribution in [0.5, 0.6) is 11.5 Å². The van der Waals surface area contributed by atoms with Gasteiger partial charge in [-0.15, -0.1) is 0 Å². The highest BCUT2D eigenvalue weighted by molar-refractivity contribution is 6.10. The van der Waals surface area contributed by atoms with Crippen LogP contribution in [0, 0.1) is 0 Å². The van der Waals surface area contributed by atoms with Crippen molar-refractivity contribution in [2.24, 2.45) is 0 Å². The number of benzene rings is 8. The Bertz CT molecular complexity index is 3700. The maximum atomic E-state index is 6.99. The quantitative estimate of drug-likeness (QED) is 0.122. The molecule has 5 nitrogen and oxygen atoms in total. The van der Waals surface area contributed by atoms with E-state index in [1.807, 2.05) is 6.20 Å². The third-order valence-corrected chi connectivity index (χ3v) is 16.0. The summed E-state index contributed by atoms with van der Waals surface area (Å²) in [5.41, 5.74) is 17.9. The predicted octanol–water partition coefficient (Wildman–Crippen LogP) is 19.1. The van der Waals surface area contributed by atoms with Gasteiger partial charge in [-0.1, -0.05) is 185 Å². The van der Waals surface area contributed by atoms with Gasteiger partial charge in [0.15, 0.2) is 0 Å². The van der Waals surface area contributed by atoms with Gasteiger partial charge in [-0.3, -0.25) is 4.57 Å². The van der Waals surface area contributed by atoms with Crippen LogP contribution in [0.15, 0.2) is 200 Å². The number of nitrogens with zero attached hydrogens (tertiary/aromatic N) is 4. The lowest BCUT2D eigenvalue weighted by atomic mass is 9.78. The molecule has 3 heterocycles. The molecule has 0 bridgehead atoms. The third kappa shape index (κ3) is 9.07. The minimum Gasteiger partial charge on any atom is -0.457 e. The predicted molar refractivity (Wildman–Crippen MR) is 317 cm³/mol. The molecule has 1 aliphatic heterocycles. The third-order valence-electron chi connectivity index (χ3n) is 16.0. The van der Waals surface area contributed by atoms with Gasteiger partial charge in [0, 0.05) is 51.3 Å². The first-order valence-electron chi connectivity index (χ1n) is 26.8. The molecule has 10 aromatic rings. The Labute approximate surface area is 445 Å². The normalized spacial score (nSPS) is 13.1. The van der Waals surface area contributed by atoms with Gasteiger partial charge in [0.2, 0.25) is 0 Å². The van der Waals surface area contributed by atoms with Crippen LogP contribution in [0.3, 0.4) is 0 Å². The number of rotatable bonds is 12. The van der Waals surface area contributed by atoms with E-state index in [4.69, 9.17) is 9.72 Å². The van der Waals surface area contributed by atoms with Crippen LogP contribution in [-0.4, -0.2) is 16.2 Å². The number of hydrogen-bond acceptors (Lipinski definition) is 4. The second-order valence-electron chi connectivity index (χ2n) is 23.4. The highest BCUT2D eigenvalue weighted by Crippen LogP contribution is 2.49. The number of hydrogen-bond donors (Lipinski definition) is 0. The van der Waals surface area contributed by atoms with E-state index in [1.165, 1.54) is 61.1 Å². The molecule has 8 aromatic carbocycles. The van der Waals surface area contributed by atoms with Crippen LogP contribution in [0.25, 0.3) is 38.8 Å². The Hall–Kier alpha value is -7.89. The number of anilines is 4. The fraction of sp³-hybridized carbons (Fsp3) is 0.243. The van der Waals surface area contributed by atoms with Gasteiger partial charge >= 0.3 is 0 Å². The summed E-state index contributed by atoms with van der Waals surface area (Å²) in [6.45, 7) is 25.9. The molecule has 0 aliphatic carbocycles. The van der Waals surface area contributed by atoms with Crippen molar-refractivity contribution < 1.29 is 4.74 Å². The maximum Gasteiger partial charge on any atom is 0.137 e. The molecule has 1 aliphatic rings. The smallest absolute Gasteiger partial charge is 0.137 e. The highest BCUT2D eigenvalue weighted by Gasteiger charge is 2.32. The summed E-state index contributed by atoms with van der Waals surface area (Å²) >= 11 is 0. The van der Waals surface area contributed by atoms with E-state index in [0.717, 1.165) is 50.8 Å². The zero-order chi connectivity index (χ0) is 52.4. The molecule has 75 heavy (non-hydrogen) atoms. The molecule has 2 aromatic heterocycles. The van der Waals surface area contributed by atoms with E-state index in [1.54, 1.807) is 0 Å². The maximum absolute atomic E-state index is 6.99. The van der Waals surface area contributed by atoms with Gasteiger partial charge in [-0.05, 0) is 140 Å². The minimum absolute atomic E-state index is 0.0456. The van der Waals surface area contributed by atoms with Gasteiger partial charge in [0.1, 0.15) is 24.0 Å². The molecule has 0 fully saturated rings.